The number of nitrogens with one attached hydrogen (secondary N) is 1. The Morgan fingerprint density at radius 1 is 0.926 bits per heavy atom. The number of hydrogen-bond acceptors (Lipinski definition) is 4. The molecule has 1 aromatic heterocycles. The fourth-order valence-electron chi connectivity index (χ4n) is 2.08. The SMILES string of the molecule is O=C(N[n+]1ccccn1)c1ccc(Oc2ccc(OC(F)(F)F)cc2)cc1. The fourth-order valence-corrected chi connectivity index (χ4v) is 2.08. The largest absolute Gasteiger partial charge is 0.573 e. The number of rotatable bonds is 5. The van der Waals surface area contributed by atoms with Gasteiger partial charge in [-0.05, 0) is 54.6 Å². The summed E-state index contributed by atoms with van der Waals surface area (Å²) in [7, 11) is 0. The van der Waals surface area contributed by atoms with Crippen LogP contribution in [0, 0.1) is 0 Å². The maximum Gasteiger partial charge on any atom is 0.573 e. The lowest BCUT2D eigenvalue weighted by Gasteiger charge is -2.10. The summed E-state index contributed by atoms with van der Waals surface area (Å²) < 4.78 is 45.7. The molecule has 0 aliphatic rings. The minimum atomic E-state index is -4.74. The smallest absolute Gasteiger partial charge is 0.457 e. The molecule has 0 atom stereocenters. The monoisotopic (exact) mass is 376 g/mol. The summed E-state index contributed by atoms with van der Waals surface area (Å²) in [4.78, 5) is 13.4. The van der Waals surface area contributed by atoms with E-state index < -0.39 is 6.36 Å². The van der Waals surface area contributed by atoms with E-state index in [1.54, 1.807) is 42.6 Å². The van der Waals surface area contributed by atoms with Crippen LogP contribution in [0.15, 0.2) is 73.1 Å². The third-order valence-electron chi connectivity index (χ3n) is 3.24. The van der Waals surface area contributed by atoms with Crippen LogP contribution in [0.1, 0.15) is 10.4 Å². The standard InChI is InChI=1S/C18H12F3N3O3/c19-18(20,21)27-16-9-7-15(8-10-16)26-14-5-3-13(4-6-14)17(25)23-24-12-2-1-11-22-24/h1-12H/p+1. The van der Waals surface area contributed by atoms with Gasteiger partial charge in [0.05, 0.1) is 6.20 Å². The molecule has 6 nitrogen and oxygen atoms in total. The van der Waals surface area contributed by atoms with Crippen molar-refractivity contribution in [1.29, 1.82) is 0 Å². The first-order chi connectivity index (χ1) is 12.9. The quantitative estimate of drug-likeness (QED) is 0.693. The van der Waals surface area contributed by atoms with Crippen LogP contribution in [0.5, 0.6) is 17.2 Å². The molecule has 27 heavy (non-hydrogen) atoms. The van der Waals surface area contributed by atoms with Gasteiger partial charge in [0.25, 0.3) is 0 Å². The summed E-state index contributed by atoms with van der Waals surface area (Å²) in [6.45, 7) is 0. The van der Waals surface area contributed by atoms with Crippen molar-refractivity contribution < 1.29 is 32.2 Å². The van der Waals surface area contributed by atoms with Crippen LogP contribution in [-0.4, -0.2) is 17.4 Å². The number of carbonyl (C=O) groups excluding carboxylic acids is 1. The second-order valence-electron chi connectivity index (χ2n) is 5.23. The van der Waals surface area contributed by atoms with Crippen LogP contribution >= 0.6 is 0 Å². The molecule has 0 spiro atoms. The second-order valence-corrected chi connectivity index (χ2v) is 5.23. The number of ether oxygens (including phenoxy) is 2. The van der Waals surface area contributed by atoms with Crippen LogP contribution < -0.4 is 19.7 Å². The Balaban J connectivity index is 1.61. The van der Waals surface area contributed by atoms with Gasteiger partial charge in [-0.15, -0.1) is 13.2 Å². The van der Waals surface area contributed by atoms with Gasteiger partial charge in [-0.2, -0.15) is 0 Å². The Hall–Kier alpha value is -3.62. The first-order valence-electron chi connectivity index (χ1n) is 7.67. The van der Waals surface area contributed by atoms with Crippen molar-refractivity contribution in [3.05, 3.63) is 78.6 Å². The van der Waals surface area contributed by atoms with Gasteiger partial charge in [0.15, 0.2) is 0 Å². The molecule has 1 N–H and O–H groups in total. The van der Waals surface area contributed by atoms with Gasteiger partial charge in [0, 0.05) is 21.5 Å². The van der Waals surface area contributed by atoms with E-state index in [-0.39, 0.29) is 11.7 Å². The molecule has 3 rings (SSSR count). The summed E-state index contributed by atoms with van der Waals surface area (Å²) in [5.74, 6) is 0.0417. The van der Waals surface area contributed by atoms with Crippen molar-refractivity contribution in [2.24, 2.45) is 0 Å². The van der Waals surface area contributed by atoms with E-state index >= 15 is 0 Å². The summed E-state index contributed by atoms with van der Waals surface area (Å²) in [6, 6.07) is 14.7. The molecule has 0 radical (unpaired) electrons. The molecule has 9 heteroatoms. The Morgan fingerprint density at radius 2 is 1.52 bits per heavy atom. The number of carbonyl (C=O) groups is 1. The third kappa shape index (κ3) is 5.43. The van der Waals surface area contributed by atoms with E-state index in [2.05, 4.69) is 15.3 Å². The number of hydrogen-bond donors (Lipinski definition) is 1. The molecule has 1 heterocycles. The maximum atomic E-state index is 12.1. The number of nitrogens with zero attached hydrogens (tertiary/aromatic N) is 2. The van der Waals surface area contributed by atoms with Crippen molar-refractivity contribution >= 4 is 5.91 Å². The van der Waals surface area contributed by atoms with Crippen molar-refractivity contribution in [3.63, 3.8) is 0 Å². The van der Waals surface area contributed by atoms with Gasteiger partial charge in [-0.3, -0.25) is 4.79 Å². The lowest BCUT2D eigenvalue weighted by molar-refractivity contribution is -0.702. The average molecular weight is 376 g/mol. The number of amides is 1. The second kappa shape index (κ2) is 7.73. The van der Waals surface area contributed by atoms with Gasteiger partial charge in [-0.25, -0.2) is 0 Å². The molecule has 3 aromatic rings. The molecular formula is C18H13F3N3O3+. The molecule has 0 saturated carbocycles. The predicted octanol–water partition coefficient (Wildman–Crippen LogP) is 3.44. The highest BCUT2D eigenvalue weighted by Gasteiger charge is 2.30. The Bertz CT molecular complexity index is 899. The highest BCUT2D eigenvalue weighted by molar-refractivity contribution is 5.98. The summed E-state index contributed by atoms with van der Waals surface area (Å²) in [6.07, 6.45) is -1.63. The van der Waals surface area contributed by atoms with Crippen molar-refractivity contribution in [1.82, 2.24) is 5.10 Å². The van der Waals surface area contributed by atoms with E-state index in [1.807, 2.05) is 0 Å². The number of halogens is 3. The van der Waals surface area contributed by atoms with E-state index in [0.29, 0.717) is 17.1 Å². The molecule has 0 aliphatic carbocycles. The van der Waals surface area contributed by atoms with Crippen molar-refractivity contribution in [2.45, 2.75) is 6.36 Å². The summed E-state index contributed by atoms with van der Waals surface area (Å²) in [5, 5.41) is 3.93. The van der Waals surface area contributed by atoms with E-state index in [1.165, 1.54) is 23.1 Å². The zero-order chi connectivity index (χ0) is 19.3. The molecule has 0 bridgehead atoms. The minimum absolute atomic E-state index is 0.325. The van der Waals surface area contributed by atoms with Crippen molar-refractivity contribution in [2.75, 3.05) is 5.43 Å². The number of alkyl halides is 3. The van der Waals surface area contributed by atoms with E-state index in [0.717, 1.165) is 12.1 Å². The third-order valence-corrected chi connectivity index (χ3v) is 3.24. The van der Waals surface area contributed by atoms with Gasteiger partial charge < -0.3 is 9.47 Å². The molecule has 1 amide bonds. The number of benzene rings is 2. The fraction of sp³-hybridized carbons (Fsp3) is 0.0556. The van der Waals surface area contributed by atoms with E-state index in [4.69, 9.17) is 4.74 Å². The topological polar surface area (TPSA) is 64.3 Å². The molecule has 0 aliphatic heterocycles. The van der Waals surface area contributed by atoms with Crippen LogP contribution in [0.3, 0.4) is 0 Å². The lowest BCUT2D eigenvalue weighted by Crippen LogP contribution is -2.50. The van der Waals surface area contributed by atoms with Gasteiger partial charge in [0.2, 0.25) is 6.20 Å². The average Bonchev–Trinajstić information content (AvgIpc) is 2.63. The molecular weight excluding hydrogens is 363 g/mol. The van der Waals surface area contributed by atoms with Gasteiger partial charge >= 0.3 is 12.3 Å². The highest BCUT2D eigenvalue weighted by atomic mass is 19.4. The molecule has 0 saturated heterocycles. The van der Waals surface area contributed by atoms with Crippen LogP contribution in [0.25, 0.3) is 0 Å². The van der Waals surface area contributed by atoms with E-state index in [9.17, 15) is 18.0 Å². The first-order valence-corrected chi connectivity index (χ1v) is 7.67. The molecule has 0 fully saturated rings. The Morgan fingerprint density at radius 3 is 2.07 bits per heavy atom. The maximum absolute atomic E-state index is 12.1. The molecule has 2 aromatic carbocycles. The van der Waals surface area contributed by atoms with Gasteiger partial charge in [0.1, 0.15) is 17.2 Å². The molecule has 0 unspecified atom stereocenters. The zero-order valence-corrected chi connectivity index (χ0v) is 13.7. The van der Waals surface area contributed by atoms with Crippen LogP contribution in [0.4, 0.5) is 13.2 Å². The molecule has 138 valence electrons. The predicted molar refractivity (Wildman–Crippen MR) is 87.8 cm³/mol. The van der Waals surface area contributed by atoms with Gasteiger partial charge in [-0.1, -0.05) is 5.43 Å². The number of aromatic nitrogens is 2. The first kappa shape index (κ1) is 18.2. The minimum Gasteiger partial charge on any atom is -0.457 e. The summed E-state index contributed by atoms with van der Waals surface area (Å²) >= 11 is 0. The zero-order valence-electron chi connectivity index (χ0n) is 13.7. The van der Waals surface area contributed by atoms with Crippen LogP contribution in [-0.2, 0) is 0 Å². The van der Waals surface area contributed by atoms with Crippen molar-refractivity contribution in [3.8, 4) is 17.2 Å². The Kier molecular flexibility index (Phi) is 5.20. The van der Waals surface area contributed by atoms with Crippen LogP contribution in [0.2, 0.25) is 0 Å². The summed E-state index contributed by atoms with van der Waals surface area (Å²) in [5.41, 5.74) is 2.96. The normalized spacial score (nSPS) is 10.9. The Labute approximate surface area is 151 Å². The lowest BCUT2D eigenvalue weighted by atomic mass is 10.2. The highest BCUT2D eigenvalue weighted by Crippen LogP contribution is 2.27.